The number of hydrogen-bond acceptors (Lipinski definition) is 6. The van der Waals surface area contributed by atoms with Gasteiger partial charge in [0.15, 0.2) is 0 Å². The highest BCUT2D eigenvalue weighted by molar-refractivity contribution is 7.36. The molecule has 0 radical (unpaired) electrons. The second-order valence-corrected chi connectivity index (χ2v) is 15.4. The van der Waals surface area contributed by atoms with E-state index in [4.69, 9.17) is 9.47 Å². The Hall–Kier alpha value is -1.96. The van der Waals surface area contributed by atoms with E-state index in [1.165, 1.54) is 13.9 Å². The summed E-state index contributed by atoms with van der Waals surface area (Å²) in [5.74, 6) is -0.749. The molecule has 0 fully saturated rings. The van der Waals surface area contributed by atoms with Crippen molar-refractivity contribution >= 4 is 56.6 Å². The number of esters is 2. The van der Waals surface area contributed by atoms with Gasteiger partial charge in [-0.15, -0.1) is 22.7 Å². The summed E-state index contributed by atoms with van der Waals surface area (Å²) in [5, 5.41) is 0. The zero-order chi connectivity index (χ0) is 21.3. The molecule has 154 valence electrons. The van der Waals surface area contributed by atoms with E-state index >= 15 is 0 Å². The maximum absolute atomic E-state index is 12.6. The predicted octanol–water partition coefficient (Wildman–Crippen LogP) is 5.84. The number of aryl methyl sites for hydroxylation is 1. The monoisotopic (exact) mass is 446 g/mol. The standard InChI is InChI=1S/C22H26O4S2Si/c1-7-25-21(23)14-10-15(16(9-13(14)3)22(24)26-8-2)17-11-18-19(27-17)12-20(28-18)29(4,5)6/h9-12H,7-8H2,1-6H3. The summed E-state index contributed by atoms with van der Waals surface area (Å²) in [6.07, 6.45) is 0. The Morgan fingerprint density at radius 3 is 2.00 bits per heavy atom. The van der Waals surface area contributed by atoms with Crippen molar-refractivity contribution in [2.75, 3.05) is 13.2 Å². The van der Waals surface area contributed by atoms with Gasteiger partial charge in [0.25, 0.3) is 0 Å². The maximum atomic E-state index is 12.6. The third-order valence-corrected chi connectivity index (χ3v) is 10.5. The molecule has 0 atom stereocenters. The molecule has 7 heteroatoms. The van der Waals surface area contributed by atoms with E-state index in [1.54, 1.807) is 37.3 Å². The molecular formula is C22H26O4S2Si. The normalized spacial score (nSPS) is 11.7. The van der Waals surface area contributed by atoms with Crippen molar-refractivity contribution in [3.63, 3.8) is 0 Å². The van der Waals surface area contributed by atoms with Crippen LogP contribution in [0.5, 0.6) is 0 Å². The van der Waals surface area contributed by atoms with E-state index in [-0.39, 0.29) is 11.9 Å². The molecule has 2 aromatic heterocycles. The Morgan fingerprint density at radius 2 is 1.45 bits per heavy atom. The highest BCUT2D eigenvalue weighted by atomic mass is 32.1. The van der Waals surface area contributed by atoms with Crippen molar-refractivity contribution in [2.24, 2.45) is 0 Å². The molecule has 0 unspecified atom stereocenters. The number of benzene rings is 1. The van der Waals surface area contributed by atoms with Gasteiger partial charge in [-0.2, -0.15) is 0 Å². The van der Waals surface area contributed by atoms with Gasteiger partial charge in [0.1, 0.15) is 0 Å². The van der Waals surface area contributed by atoms with Gasteiger partial charge >= 0.3 is 11.9 Å². The third kappa shape index (κ3) is 4.47. The molecule has 4 nitrogen and oxygen atoms in total. The van der Waals surface area contributed by atoms with Gasteiger partial charge in [0.05, 0.1) is 32.4 Å². The number of carbonyl (C=O) groups excluding carboxylic acids is 2. The predicted molar refractivity (Wildman–Crippen MR) is 125 cm³/mol. The Bertz CT molecular complexity index is 1040. The van der Waals surface area contributed by atoms with Crippen LogP contribution < -0.4 is 4.50 Å². The molecule has 0 saturated heterocycles. The van der Waals surface area contributed by atoms with E-state index in [0.717, 1.165) is 10.4 Å². The molecule has 3 aromatic rings. The molecule has 0 N–H and O–H groups in total. The first kappa shape index (κ1) is 21.7. The molecule has 0 bridgehead atoms. The number of hydrogen-bond donors (Lipinski definition) is 0. The lowest BCUT2D eigenvalue weighted by molar-refractivity contribution is 0.0511. The minimum Gasteiger partial charge on any atom is -0.462 e. The molecule has 2 heterocycles. The van der Waals surface area contributed by atoms with Crippen molar-refractivity contribution in [1.29, 1.82) is 0 Å². The van der Waals surface area contributed by atoms with Crippen molar-refractivity contribution in [2.45, 2.75) is 40.4 Å². The summed E-state index contributed by atoms with van der Waals surface area (Å²) in [5.41, 5.74) is 2.39. The minimum absolute atomic E-state index is 0.302. The van der Waals surface area contributed by atoms with Gasteiger partial charge in [-0.1, -0.05) is 19.6 Å². The fourth-order valence-corrected chi connectivity index (χ4v) is 7.47. The molecule has 0 aliphatic rings. The van der Waals surface area contributed by atoms with Crippen LogP contribution in [0, 0.1) is 6.92 Å². The minimum atomic E-state index is -1.37. The lowest BCUT2D eigenvalue weighted by atomic mass is 9.98. The first-order valence-corrected chi connectivity index (χ1v) is 14.8. The fraction of sp³-hybridized carbons (Fsp3) is 0.364. The Kier molecular flexibility index (Phi) is 6.31. The second kappa shape index (κ2) is 8.42. The molecule has 0 amide bonds. The lowest BCUT2D eigenvalue weighted by Gasteiger charge is -2.13. The molecule has 0 spiro atoms. The SMILES string of the molecule is CCOC(=O)c1cc(-c2cc3sc([Si](C)(C)C)cc3s2)c(C(=O)OCC)cc1C. The van der Waals surface area contributed by atoms with Gasteiger partial charge in [0.2, 0.25) is 0 Å². The molecular weight excluding hydrogens is 420 g/mol. The van der Waals surface area contributed by atoms with Crippen molar-refractivity contribution in [3.05, 3.63) is 41.0 Å². The zero-order valence-electron chi connectivity index (χ0n) is 17.7. The smallest absolute Gasteiger partial charge is 0.338 e. The number of thiophene rings is 2. The molecule has 29 heavy (non-hydrogen) atoms. The average molecular weight is 447 g/mol. The van der Waals surface area contributed by atoms with E-state index < -0.39 is 8.07 Å². The van der Waals surface area contributed by atoms with Gasteiger partial charge in [-0.3, -0.25) is 0 Å². The third-order valence-electron chi connectivity index (χ3n) is 4.57. The number of ether oxygens (including phenoxy) is 2. The van der Waals surface area contributed by atoms with Crippen LogP contribution in [0.2, 0.25) is 19.6 Å². The van der Waals surface area contributed by atoms with E-state index in [1.807, 2.05) is 18.3 Å². The number of carbonyl (C=O) groups is 2. The summed E-state index contributed by atoms with van der Waals surface area (Å²) < 4.78 is 14.4. The Balaban J connectivity index is 2.15. The maximum Gasteiger partial charge on any atom is 0.338 e. The average Bonchev–Trinajstić information content (AvgIpc) is 3.20. The topological polar surface area (TPSA) is 52.6 Å². The highest BCUT2D eigenvalue weighted by Gasteiger charge is 2.24. The highest BCUT2D eigenvalue weighted by Crippen LogP contribution is 2.39. The quantitative estimate of drug-likeness (QED) is 0.353. The number of fused-ring (bicyclic) bond motifs is 1. The van der Waals surface area contributed by atoms with E-state index in [0.29, 0.717) is 29.9 Å². The van der Waals surface area contributed by atoms with Gasteiger partial charge in [-0.05, 0) is 55.1 Å². The van der Waals surface area contributed by atoms with Gasteiger partial charge < -0.3 is 9.47 Å². The lowest BCUT2D eigenvalue weighted by Crippen LogP contribution is -2.34. The van der Waals surface area contributed by atoms with E-state index in [9.17, 15) is 9.59 Å². The van der Waals surface area contributed by atoms with Crippen molar-refractivity contribution in [3.8, 4) is 10.4 Å². The van der Waals surface area contributed by atoms with Crippen LogP contribution in [0.25, 0.3) is 19.8 Å². The molecule has 0 saturated carbocycles. The first-order chi connectivity index (χ1) is 13.7. The van der Waals surface area contributed by atoms with E-state index in [2.05, 4.69) is 31.8 Å². The van der Waals surface area contributed by atoms with Crippen LogP contribution in [0.4, 0.5) is 0 Å². The van der Waals surface area contributed by atoms with Crippen LogP contribution in [0.3, 0.4) is 0 Å². The number of rotatable bonds is 6. The van der Waals surface area contributed by atoms with Crippen molar-refractivity contribution in [1.82, 2.24) is 0 Å². The van der Waals surface area contributed by atoms with Gasteiger partial charge in [0, 0.05) is 19.8 Å². The van der Waals surface area contributed by atoms with Crippen LogP contribution in [0.1, 0.15) is 40.1 Å². The van der Waals surface area contributed by atoms with Crippen LogP contribution in [-0.4, -0.2) is 33.2 Å². The van der Waals surface area contributed by atoms with Gasteiger partial charge in [-0.25, -0.2) is 9.59 Å². The molecule has 0 aliphatic carbocycles. The molecule has 1 aromatic carbocycles. The second-order valence-electron chi connectivity index (χ2n) is 7.85. The summed E-state index contributed by atoms with van der Waals surface area (Å²) in [7, 11) is -1.37. The molecule has 0 aliphatic heterocycles. The molecule has 3 rings (SSSR count). The van der Waals surface area contributed by atoms with Crippen LogP contribution in [0.15, 0.2) is 24.3 Å². The van der Waals surface area contributed by atoms with Crippen LogP contribution in [-0.2, 0) is 9.47 Å². The summed E-state index contributed by atoms with van der Waals surface area (Å²) in [6.45, 7) is 13.0. The summed E-state index contributed by atoms with van der Waals surface area (Å²) in [4.78, 5) is 26.0. The Labute approximate surface area is 180 Å². The Morgan fingerprint density at radius 1 is 0.862 bits per heavy atom. The zero-order valence-corrected chi connectivity index (χ0v) is 20.3. The summed E-state index contributed by atoms with van der Waals surface area (Å²) >= 11 is 3.48. The van der Waals surface area contributed by atoms with Crippen molar-refractivity contribution < 1.29 is 19.1 Å². The van der Waals surface area contributed by atoms with Crippen LogP contribution >= 0.6 is 22.7 Å². The largest absolute Gasteiger partial charge is 0.462 e. The summed E-state index contributed by atoms with van der Waals surface area (Å²) in [6, 6.07) is 7.91. The fourth-order valence-electron chi connectivity index (χ4n) is 3.06. The first-order valence-electron chi connectivity index (χ1n) is 9.68.